The summed E-state index contributed by atoms with van der Waals surface area (Å²) in [6, 6.07) is 3.66. The number of carbonyl (C=O) groups excluding carboxylic acids is 2. The molecule has 0 aromatic carbocycles. The van der Waals surface area contributed by atoms with E-state index in [1.807, 2.05) is 29.2 Å². The highest BCUT2D eigenvalue weighted by Crippen LogP contribution is 2.28. The molecule has 0 bridgehead atoms. The van der Waals surface area contributed by atoms with Crippen LogP contribution in [0.5, 0.6) is 0 Å². The molecule has 0 radical (unpaired) electrons. The van der Waals surface area contributed by atoms with E-state index in [4.69, 9.17) is 4.98 Å². The summed E-state index contributed by atoms with van der Waals surface area (Å²) in [5.74, 6) is 0.242. The van der Waals surface area contributed by atoms with Crippen LogP contribution >= 0.6 is 0 Å². The van der Waals surface area contributed by atoms with Gasteiger partial charge in [-0.2, -0.15) is 5.10 Å². The van der Waals surface area contributed by atoms with Gasteiger partial charge in [0.2, 0.25) is 0 Å². The molecule has 1 aliphatic carbocycles. The van der Waals surface area contributed by atoms with Crippen LogP contribution in [0, 0.1) is 0 Å². The molecule has 4 heterocycles. The standard InChI is InChI=1S/C24H24N8O2/c1-29(2)23(33)18-15-26-20(16-25-18)30-11-13-31(14-12-30)24(34)22-21(17-7-4-3-5-8-17)28-19-9-6-10-27-32(19)22/h3-4,6-7,9-11,13,15-16H,5,8,12,14H2,1-2H3. The van der Waals surface area contributed by atoms with Crippen molar-refractivity contribution >= 4 is 28.9 Å². The number of nitrogens with zero attached hydrogens (tertiary/aromatic N) is 8. The van der Waals surface area contributed by atoms with Gasteiger partial charge in [-0.25, -0.2) is 19.5 Å². The fourth-order valence-electron chi connectivity index (χ4n) is 3.94. The van der Waals surface area contributed by atoms with Gasteiger partial charge in [-0.3, -0.25) is 9.59 Å². The third-order valence-electron chi connectivity index (χ3n) is 5.74. The Kier molecular flexibility index (Phi) is 5.62. The molecule has 2 amide bonds. The van der Waals surface area contributed by atoms with Crippen LogP contribution in [0.1, 0.15) is 39.5 Å². The second-order valence-corrected chi connectivity index (χ2v) is 8.21. The summed E-state index contributed by atoms with van der Waals surface area (Å²) >= 11 is 0. The van der Waals surface area contributed by atoms with E-state index in [2.05, 4.69) is 21.1 Å². The van der Waals surface area contributed by atoms with Crippen molar-refractivity contribution < 1.29 is 9.59 Å². The molecule has 0 unspecified atom stereocenters. The van der Waals surface area contributed by atoms with Crippen LogP contribution in [0.4, 0.5) is 5.82 Å². The van der Waals surface area contributed by atoms with E-state index < -0.39 is 0 Å². The van der Waals surface area contributed by atoms with Crippen molar-refractivity contribution in [1.82, 2.24) is 34.4 Å². The molecule has 10 heteroatoms. The Morgan fingerprint density at radius 2 is 1.97 bits per heavy atom. The lowest BCUT2D eigenvalue weighted by atomic mass is 10.0. The van der Waals surface area contributed by atoms with E-state index >= 15 is 0 Å². The van der Waals surface area contributed by atoms with Gasteiger partial charge in [-0.15, -0.1) is 0 Å². The van der Waals surface area contributed by atoms with Crippen LogP contribution < -0.4 is 4.90 Å². The first-order valence-corrected chi connectivity index (χ1v) is 11.0. The Morgan fingerprint density at radius 3 is 2.65 bits per heavy atom. The molecule has 0 atom stereocenters. The fraction of sp³-hybridized carbons (Fsp3) is 0.250. The van der Waals surface area contributed by atoms with Gasteiger partial charge in [0.1, 0.15) is 11.4 Å². The summed E-state index contributed by atoms with van der Waals surface area (Å²) < 4.78 is 1.61. The largest absolute Gasteiger partial charge is 0.343 e. The Morgan fingerprint density at radius 1 is 1.09 bits per heavy atom. The van der Waals surface area contributed by atoms with Crippen molar-refractivity contribution in [3.05, 3.63) is 78.4 Å². The number of hydrogen-bond donors (Lipinski definition) is 0. The highest BCUT2D eigenvalue weighted by Gasteiger charge is 2.28. The smallest absolute Gasteiger partial charge is 0.278 e. The average molecular weight is 457 g/mol. The topological polar surface area (TPSA) is 99.8 Å². The molecule has 0 fully saturated rings. The quantitative estimate of drug-likeness (QED) is 0.594. The van der Waals surface area contributed by atoms with Gasteiger partial charge >= 0.3 is 0 Å². The predicted octanol–water partition coefficient (Wildman–Crippen LogP) is 2.39. The van der Waals surface area contributed by atoms with Gasteiger partial charge < -0.3 is 14.7 Å². The minimum atomic E-state index is -0.203. The molecule has 3 aromatic rings. The van der Waals surface area contributed by atoms with Gasteiger partial charge in [0, 0.05) is 45.8 Å². The fourth-order valence-corrected chi connectivity index (χ4v) is 3.94. The van der Waals surface area contributed by atoms with Crippen molar-refractivity contribution in [3.63, 3.8) is 0 Å². The molecule has 5 rings (SSSR count). The molecule has 0 spiro atoms. The van der Waals surface area contributed by atoms with E-state index in [1.54, 1.807) is 48.3 Å². The summed E-state index contributed by atoms with van der Waals surface area (Å²) in [4.78, 5) is 44.0. The zero-order valence-electron chi connectivity index (χ0n) is 19.0. The van der Waals surface area contributed by atoms with Crippen molar-refractivity contribution in [2.75, 3.05) is 32.1 Å². The second kappa shape index (κ2) is 8.89. The minimum absolute atomic E-state index is 0.162. The Balaban J connectivity index is 1.40. The molecule has 0 N–H and O–H groups in total. The molecule has 34 heavy (non-hydrogen) atoms. The van der Waals surface area contributed by atoms with Crippen molar-refractivity contribution in [3.8, 4) is 0 Å². The lowest BCUT2D eigenvalue weighted by Gasteiger charge is -2.29. The molecule has 1 aliphatic heterocycles. The average Bonchev–Trinajstić information content (AvgIpc) is 3.28. The summed E-state index contributed by atoms with van der Waals surface area (Å²) in [6.07, 6.45) is 16.1. The first kappa shape index (κ1) is 21.5. The van der Waals surface area contributed by atoms with Gasteiger partial charge in [-0.05, 0) is 30.5 Å². The van der Waals surface area contributed by atoms with Crippen LogP contribution in [0.3, 0.4) is 0 Å². The number of aromatic nitrogens is 5. The number of fused-ring (bicyclic) bond motifs is 1. The van der Waals surface area contributed by atoms with Crippen molar-refractivity contribution in [1.29, 1.82) is 0 Å². The maximum atomic E-state index is 13.6. The van der Waals surface area contributed by atoms with E-state index in [0.29, 0.717) is 35.9 Å². The second-order valence-electron chi connectivity index (χ2n) is 8.21. The maximum absolute atomic E-state index is 13.6. The summed E-state index contributed by atoms with van der Waals surface area (Å²) in [6.45, 7) is 0.983. The van der Waals surface area contributed by atoms with Gasteiger partial charge in [0.15, 0.2) is 17.2 Å². The van der Waals surface area contributed by atoms with Crippen LogP contribution in [-0.4, -0.2) is 73.4 Å². The van der Waals surface area contributed by atoms with Crippen molar-refractivity contribution in [2.45, 2.75) is 12.8 Å². The highest BCUT2D eigenvalue weighted by atomic mass is 16.2. The number of hydrogen-bond acceptors (Lipinski definition) is 7. The number of carbonyl (C=O) groups is 2. The summed E-state index contributed by atoms with van der Waals surface area (Å²) in [7, 11) is 3.34. The first-order chi connectivity index (χ1) is 16.5. The van der Waals surface area contributed by atoms with Gasteiger partial charge in [0.25, 0.3) is 11.8 Å². The molecular weight excluding hydrogens is 432 g/mol. The van der Waals surface area contributed by atoms with E-state index in [9.17, 15) is 9.59 Å². The predicted molar refractivity (Wildman–Crippen MR) is 127 cm³/mol. The number of anilines is 1. The van der Waals surface area contributed by atoms with Gasteiger partial charge in [0.05, 0.1) is 12.4 Å². The Labute approximate surface area is 196 Å². The number of imidazole rings is 1. The monoisotopic (exact) mass is 456 g/mol. The van der Waals surface area contributed by atoms with Gasteiger partial charge in [-0.1, -0.05) is 18.2 Å². The minimum Gasteiger partial charge on any atom is -0.343 e. The molecule has 0 saturated heterocycles. The number of rotatable bonds is 4. The third kappa shape index (κ3) is 3.94. The molecule has 10 nitrogen and oxygen atoms in total. The van der Waals surface area contributed by atoms with E-state index in [0.717, 1.165) is 18.4 Å². The first-order valence-electron chi connectivity index (χ1n) is 11.0. The normalized spacial score (nSPS) is 15.5. The summed E-state index contributed by atoms with van der Waals surface area (Å²) in [5.41, 5.74) is 3.09. The van der Waals surface area contributed by atoms with E-state index in [1.165, 1.54) is 11.1 Å². The molecule has 172 valence electrons. The molecule has 0 saturated carbocycles. The summed E-state index contributed by atoms with van der Waals surface area (Å²) in [5, 5.41) is 4.39. The zero-order chi connectivity index (χ0) is 23.7. The lowest BCUT2D eigenvalue weighted by Crippen LogP contribution is -2.39. The number of allylic oxidation sites excluding steroid dienone is 4. The highest BCUT2D eigenvalue weighted by molar-refractivity contribution is 5.99. The molecular formula is C24H24N8O2. The van der Waals surface area contributed by atoms with Crippen LogP contribution in [-0.2, 0) is 0 Å². The third-order valence-corrected chi connectivity index (χ3v) is 5.74. The lowest BCUT2D eigenvalue weighted by molar-refractivity contribution is 0.0807. The SMILES string of the molecule is CN(C)C(=O)c1cnc(N2C=CN(C(=O)c3c(C4=CC=CCC4)nc4cccnn34)CC2)cn1. The Hall–Kier alpha value is -4.34. The zero-order valence-corrected chi connectivity index (χ0v) is 19.0. The van der Waals surface area contributed by atoms with Crippen molar-refractivity contribution in [2.24, 2.45) is 0 Å². The maximum Gasteiger partial charge on any atom is 0.278 e. The number of amides is 2. The molecule has 2 aliphatic rings. The van der Waals surface area contributed by atoms with E-state index in [-0.39, 0.29) is 17.5 Å². The van der Waals surface area contributed by atoms with Crippen LogP contribution in [0.25, 0.3) is 11.2 Å². The van der Waals surface area contributed by atoms with Crippen LogP contribution in [0.2, 0.25) is 0 Å². The van der Waals surface area contributed by atoms with Crippen LogP contribution in [0.15, 0.2) is 61.4 Å². The molecule has 3 aromatic heterocycles. The Bertz CT molecular complexity index is 1340.